The molecule has 1 heterocycles. The van der Waals surface area contributed by atoms with Crippen molar-refractivity contribution in [1.29, 1.82) is 10.7 Å². The molecule has 1 aliphatic heterocycles. The average molecular weight is 300 g/mol. The summed E-state index contributed by atoms with van der Waals surface area (Å²) in [5, 5.41) is 17.3. The van der Waals surface area contributed by atoms with Crippen LogP contribution in [0.25, 0.3) is 0 Å². The number of nitrogens with one attached hydrogen (secondary N) is 1. The van der Waals surface area contributed by atoms with E-state index in [2.05, 4.69) is 0 Å². The fourth-order valence-electron chi connectivity index (χ4n) is 2.53. The molecule has 0 amide bonds. The lowest BCUT2D eigenvalue weighted by molar-refractivity contribution is -0.136. The van der Waals surface area contributed by atoms with Gasteiger partial charge in [-0.05, 0) is 24.6 Å². The number of allylic oxidation sites excluding steroid dienone is 1. The lowest BCUT2D eigenvalue weighted by Crippen LogP contribution is -2.32. The Bertz CT molecular complexity index is 688. The van der Waals surface area contributed by atoms with Crippen LogP contribution in [0.1, 0.15) is 18.4 Å². The maximum absolute atomic E-state index is 12.1. The molecule has 6 heteroatoms. The molecule has 2 rings (SSSR count). The van der Waals surface area contributed by atoms with Crippen LogP contribution in [0.5, 0.6) is 5.75 Å². The number of carbonyl (C=O) groups excluding carboxylic acids is 1. The molecule has 0 saturated carbocycles. The number of rotatable bonds is 3. The monoisotopic (exact) mass is 300 g/mol. The second-order valence-electron chi connectivity index (χ2n) is 4.79. The van der Waals surface area contributed by atoms with Crippen molar-refractivity contribution in [2.45, 2.75) is 12.8 Å². The molecule has 1 aromatic rings. The standard InChI is InChI=1S/C16H16N2O4/c1-9-13(16(19)21-3)14(12(8-17)15(18)22-9)10-5-4-6-11(7-10)20-2/h4-7,12,14,18H,1-3H3. The average Bonchev–Trinajstić information content (AvgIpc) is 2.53. The maximum Gasteiger partial charge on any atom is 0.337 e. The highest BCUT2D eigenvalue weighted by atomic mass is 16.5. The first kappa shape index (κ1) is 15.6. The first-order valence-electron chi connectivity index (χ1n) is 6.62. The van der Waals surface area contributed by atoms with Gasteiger partial charge in [-0.15, -0.1) is 0 Å². The van der Waals surface area contributed by atoms with Crippen LogP contribution in [0.4, 0.5) is 0 Å². The minimum absolute atomic E-state index is 0.180. The Hall–Kier alpha value is -2.81. The summed E-state index contributed by atoms with van der Waals surface area (Å²) in [6.45, 7) is 1.58. The molecule has 0 spiro atoms. The predicted molar refractivity (Wildman–Crippen MR) is 78.4 cm³/mol. The zero-order valence-electron chi connectivity index (χ0n) is 12.5. The molecular weight excluding hydrogens is 284 g/mol. The highest BCUT2D eigenvalue weighted by molar-refractivity contribution is 5.95. The molecule has 22 heavy (non-hydrogen) atoms. The lowest BCUT2D eigenvalue weighted by Gasteiger charge is -2.30. The van der Waals surface area contributed by atoms with Crippen molar-refractivity contribution in [2.75, 3.05) is 14.2 Å². The van der Waals surface area contributed by atoms with E-state index >= 15 is 0 Å². The molecule has 2 atom stereocenters. The van der Waals surface area contributed by atoms with Gasteiger partial charge in [0.05, 0.1) is 25.9 Å². The van der Waals surface area contributed by atoms with Gasteiger partial charge in [0, 0.05) is 5.92 Å². The van der Waals surface area contributed by atoms with Crippen LogP contribution in [0.2, 0.25) is 0 Å². The summed E-state index contributed by atoms with van der Waals surface area (Å²) >= 11 is 0. The van der Waals surface area contributed by atoms with Crippen molar-refractivity contribution in [3.63, 3.8) is 0 Å². The van der Waals surface area contributed by atoms with Crippen LogP contribution < -0.4 is 4.74 Å². The Morgan fingerprint density at radius 3 is 2.73 bits per heavy atom. The first-order valence-corrected chi connectivity index (χ1v) is 6.62. The number of nitrogens with zero attached hydrogens (tertiary/aromatic N) is 1. The third-order valence-corrected chi connectivity index (χ3v) is 3.57. The summed E-state index contributed by atoms with van der Waals surface area (Å²) in [6, 6.07) is 9.10. The summed E-state index contributed by atoms with van der Waals surface area (Å²) < 4.78 is 15.2. The number of methoxy groups -OCH3 is 2. The Morgan fingerprint density at radius 2 is 2.14 bits per heavy atom. The Labute approximate surface area is 128 Å². The number of hydrogen-bond donors (Lipinski definition) is 1. The third-order valence-electron chi connectivity index (χ3n) is 3.57. The van der Waals surface area contributed by atoms with Gasteiger partial charge in [0.15, 0.2) is 0 Å². The molecule has 1 N–H and O–H groups in total. The highest BCUT2D eigenvalue weighted by Gasteiger charge is 2.41. The number of nitriles is 1. The van der Waals surface area contributed by atoms with E-state index in [0.29, 0.717) is 11.3 Å². The molecule has 1 aromatic carbocycles. The van der Waals surface area contributed by atoms with Crippen molar-refractivity contribution < 1.29 is 19.0 Å². The molecule has 0 fully saturated rings. The maximum atomic E-state index is 12.1. The summed E-state index contributed by atoms with van der Waals surface area (Å²) in [4.78, 5) is 12.1. The van der Waals surface area contributed by atoms with E-state index < -0.39 is 17.8 Å². The van der Waals surface area contributed by atoms with Crippen LogP contribution in [-0.2, 0) is 14.3 Å². The second kappa shape index (κ2) is 6.31. The number of ether oxygens (including phenoxy) is 3. The zero-order chi connectivity index (χ0) is 16.3. The fourth-order valence-corrected chi connectivity index (χ4v) is 2.53. The summed E-state index contributed by atoms with van der Waals surface area (Å²) in [5.74, 6) is -1.40. The van der Waals surface area contributed by atoms with E-state index in [1.807, 2.05) is 6.07 Å². The summed E-state index contributed by atoms with van der Waals surface area (Å²) in [6.07, 6.45) is 0. The third kappa shape index (κ3) is 2.66. The summed E-state index contributed by atoms with van der Waals surface area (Å²) in [7, 11) is 2.81. The van der Waals surface area contributed by atoms with Crippen molar-refractivity contribution in [2.24, 2.45) is 5.92 Å². The van der Waals surface area contributed by atoms with Gasteiger partial charge in [-0.1, -0.05) is 12.1 Å². The smallest absolute Gasteiger partial charge is 0.337 e. The van der Waals surface area contributed by atoms with Gasteiger partial charge in [0.25, 0.3) is 0 Å². The zero-order valence-corrected chi connectivity index (χ0v) is 12.5. The Kier molecular flexibility index (Phi) is 4.47. The van der Waals surface area contributed by atoms with Crippen molar-refractivity contribution in [3.05, 3.63) is 41.2 Å². The molecule has 6 nitrogen and oxygen atoms in total. The van der Waals surface area contributed by atoms with Crippen molar-refractivity contribution in [3.8, 4) is 11.8 Å². The fraction of sp³-hybridized carbons (Fsp3) is 0.312. The molecule has 1 aliphatic rings. The van der Waals surface area contributed by atoms with Gasteiger partial charge in [0.2, 0.25) is 5.90 Å². The number of benzene rings is 1. The topological polar surface area (TPSA) is 92.4 Å². The van der Waals surface area contributed by atoms with E-state index in [-0.39, 0.29) is 17.2 Å². The summed E-state index contributed by atoms with van der Waals surface area (Å²) in [5.41, 5.74) is 0.942. The molecule has 0 bridgehead atoms. The molecular formula is C16H16N2O4. The van der Waals surface area contributed by atoms with Crippen molar-refractivity contribution >= 4 is 11.9 Å². The van der Waals surface area contributed by atoms with Gasteiger partial charge < -0.3 is 14.2 Å². The highest BCUT2D eigenvalue weighted by Crippen LogP contribution is 2.40. The molecule has 0 radical (unpaired) electrons. The minimum Gasteiger partial charge on any atom is -0.497 e. The van der Waals surface area contributed by atoms with E-state index in [0.717, 1.165) is 0 Å². The van der Waals surface area contributed by atoms with Crippen LogP contribution in [0.15, 0.2) is 35.6 Å². The molecule has 2 unspecified atom stereocenters. The van der Waals surface area contributed by atoms with Gasteiger partial charge in [-0.3, -0.25) is 5.41 Å². The number of esters is 1. The number of hydrogen-bond acceptors (Lipinski definition) is 6. The SMILES string of the molecule is COC(=O)C1=C(C)OC(=N)C(C#N)C1c1cccc(OC)c1. The van der Waals surface area contributed by atoms with E-state index in [1.165, 1.54) is 14.2 Å². The minimum atomic E-state index is -0.898. The van der Waals surface area contributed by atoms with E-state index in [4.69, 9.17) is 19.6 Å². The van der Waals surface area contributed by atoms with Gasteiger partial charge in [-0.2, -0.15) is 5.26 Å². The molecule has 0 aliphatic carbocycles. The van der Waals surface area contributed by atoms with Crippen LogP contribution in [-0.4, -0.2) is 26.1 Å². The molecule has 0 saturated heterocycles. The van der Waals surface area contributed by atoms with Gasteiger partial charge in [0.1, 0.15) is 17.4 Å². The van der Waals surface area contributed by atoms with Crippen LogP contribution in [0.3, 0.4) is 0 Å². The lowest BCUT2D eigenvalue weighted by atomic mass is 9.78. The first-order chi connectivity index (χ1) is 10.5. The van der Waals surface area contributed by atoms with Crippen LogP contribution in [0, 0.1) is 22.7 Å². The normalized spacial score (nSPS) is 20.9. The largest absolute Gasteiger partial charge is 0.497 e. The Balaban J connectivity index is 2.63. The second-order valence-corrected chi connectivity index (χ2v) is 4.79. The van der Waals surface area contributed by atoms with Gasteiger partial charge in [-0.25, -0.2) is 4.79 Å². The van der Waals surface area contributed by atoms with E-state index in [1.54, 1.807) is 31.2 Å². The Morgan fingerprint density at radius 1 is 1.41 bits per heavy atom. The quantitative estimate of drug-likeness (QED) is 0.865. The number of carbonyl (C=O) groups is 1. The molecule has 0 aromatic heterocycles. The predicted octanol–water partition coefficient (Wildman–Crippen LogP) is 2.37. The van der Waals surface area contributed by atoms with Gasteiger partial charge >= 0.3 is 5.97 Å². The van der Waals surface area contributed by atoms with E-state index in [9.17, 15) is 10.1 Å². The molecule has 114 valence electrons. The van der Waals surface area contributed by atoms with Crippen LogP contribution >= 0.6 is 0 Å². The van der Waals surface area contributed by atoms with Crippen molar-refractivity contribution in [1.82, 2.24) is 0 Å².